The maximum absolute atomic E-state index is 12.1. The summed E-state index contributed by atoms with van der Waals surface area (Å²) in [5.41, 5.74) is 0.587. The van der Waals surface area contributed by atoms with Gasteiger partial charge in [0.15, 0.2) is 6.61 Å². The van der Waals surface area contributed by atoms with Gasteiger partial charge >= 0.3 is 5.97 Å². The first-order valence-corrected chi connectivity index (χ1v) is 8.71. The molecule has 0 saturated heterocycles. The van der Waals surface area contributed by atoms with Gasteiger partial charge in [0, 0.05) is 25.0 Å². The Kier molecular flexibility index (Phi) is 7.60. The van der Waals surface area contributed by atoms with E-state index in [4.69, 9.17) is 32.7 Å². The number of pyridine rings is 1. The number of likely N-dealkylation sites (N-methyl/N-ethyl adjacent to an activating group) is 1. The first-order valence-electron chi connectivity index (χ1n) is 7.96. The van der Waals surface area contributed by atoms with Gasteiger partial charge in [0.05, 0.1) is 24.2 Å². The zero-order valence-corrected chi connectivity index (χ0v) is 16.6. The molecule has 0 aliphatic carbocycles. The molecule has 0 spiro atoms. The Morgan fingerprint density at radius 2 is 1.96 bits per heavy atom. The van der Waals surface area contributed by atoms with Gasteiger partial charge in [-0.1, -0.05) is 29.3 Å². The molecule has 148 valence electrons. The number of carbonyl (C=O) groups excluding carboxylic acids is 3. The average molecular weight is 426 g/mol. The molecule has 1 aromatic carbocycles. The van der Waals surface area contributed by atoms with Crippen LogP contribution in [0, 0.1) is 0 Å². The molecule has 1 heterocycles. The number of esters is 1. The van der Waals surface area contributed by atoms with Crippen LogP contribution in [-0.2, 0) is 14.3 Å². The molecule has 0 unspecified atom stereocenters. The van der Waals surface area contributed by atoms with Crippen molar-refractivity contribution >= 4 is 46.7 Å². The van der Waals surface area contributed by atoms with E-state index in [9.17, 15) is 14.4 Å². The number of aromatic nitrogens is 1. The summed E-state index contributed by atoms with van der Waals surface area (Å²) in [6, 6.07) is 8.08. The predicted molar refractivity (Wildman–Crippen MR) is 104 cm³/mol. The van der Waals surface area contributed by atoms with Gasteiger partial charge in [-0.25, -0.2) is 9.78 Å². The number of carbonyl (C=O) groups is 3. The molecular weight excluding hydrogens is 409 g/mol. The van der Waals surface area contributed by atoms with Gasteiger partial charge in [0.2, 0.25) is 5.91 Å². The number of nitrogens with one attached hydrogen (secondary N) is 1. The van der Waals surface area contributed by atoms with Crippen molar-refractivity contribution in [2.24, 2.45) is 0 Å². The summed E-state index contributed by atoms with van der Waals surface area (Å²) in [6.07, 6.45) is 1.19. The zero-order chi connectivity index (χ0) is 20.7. The second kappa shape index (κ2) is 9.91. The maximum Gasteiger partial charge on any atom is 0.340 e. The minimum absolute atomic E-state index is 0.0519. The van der Waals surface area contributed by atoms with E-state index in [1.165, 1.54) is 26.4 Å². The number of ether oxygens (including phenoxy) is 2. The molecule has 0 saturated carbocycles. The molecule has 2 amide bonds. The molecule has 2 aromatic rings. The topological polar surface area (TPSA) is 97.8 Å². The Morgan fingerprint density at radius 1 is 1.21 bits per heavy atom. The summed E-state index contributed by atoms with van der Waals surface area (Å²) in [6.45, 7) is -0.760. The van der Waals surface area contributed by atoms with E-state index >= 15 is 0 Å². The summed E-state index contributed by atoms with van der Waals surface area (Å²) in [5, 5.41) is 2.79. The number of hydrogen-bond acceptors (Lipinski definition) is 6. The van der Waals surface area contributed by atoms with Crippen molar-refractivity contribution in [1.29, 1.82) is 0 Å². The van der Waals surface area contributed by atoms with Crippen molar-refractivity contribution in [2.45, 2.75) is 0 Å². The van der Waals surface area contributed by atoms with E-state index in [0.29, 0.717) is 11.4 Å². The standard InChI is InChI=1S/C18H17Cl2N3O5/c1-23(9-15(24)22-12-4-3-5-13(7-12)27-2)16(25)10-28-18(26)11-6-14(19)17(20)21-8-11/h3-8H,9-10H2,1-2H3,(H,22,24). The van der Waals surface area contributed by atoms with Crippen molar-refractivity contribution in [2.75, 3.05) is 32.6 Å². The van der Waals surface area contributed by atoms with Crippen LogP contribution in [0.1, 0.15) is 10.4 Å². The monoisotopic (exact) mass is 425 g/mol. The normalized spacial score (nSPS) is 10.1. The molecule has 0 atom stereocenters. The Labute approximate surface area is 171 Å². The second-order valence-electron chi connectivity index (χ2n) is 5.60. The molecule has 10 heteroatoms. The number of hydrogen-bond donors (Lipinski definition) is 1. The van der Waals surface area contributed by atoms with Gasteiger partial charge < -0.3 is 19.7 Å². The van der Waals surface area contributed by atoms with Crippen LogP contribution in [0.15, 0.2) is 36.5 Å². The highest BCUT2D eigenvalue weighted by Gasteiger charge is 2.17. The molecule has 8 nitrogen and oxygen atoms in total. The molecule has 1 N–H and O–H groups in total. The van der Waals surface area contributed by atoms with Crippen LogP contribution in [0.5, 0.6) is 5.75 Å². The van der Waals surface area contributed by atoms with Gasteiger partial charge in [-0.15, -0.1) is 0 Å². The summed E-state index contributed by atoms with van der Waals surface area (Å²) in [5.74, 6) is -1.16. The van der Waals surface area contributed by atoms with Gasteiger partial charge in [-0.2, -0.15) is 0 Å². The van der Waals surface area contributed by atoms with Crippen molar-refractivity contribution in [3.8, 4) is 5.75 Å². The molecule has 28 heavy (non-hydrogen) atoms. The summed E-state index contributed by atoms with van der Waals surface area (Å²) < 4.78 is 9.99. The number of rotatable bonds is 7. The fourth-order valence-electron chi connectivity index (χ4n) is 2.06. The van der Waals surface area contributed by atoms with E-state index < -0.39 is 24.4 Å². The van der Waals surface area contributed by atoms with Crippen LogP contribution in [0.25, 0.3) is 0 Å². The first kappa shape index (κ1) is 21.5. The lowest BCUT2D eigenvalue weighted by molar-refractivity contribution is -0.136. The molecule has 1 aromatic heterocycles. The zero-order valence-electron chi connectivity index (χ0n) is 15.1. The second-order valence-corrected chi connectivity index (χ2v) is 6.37. The van der Waals surface area contributed by atoms with Crippen molar-refractivity contribution < 1.29 is 23.9 Å². The van der Waals surface area contributed by atoms with Crippen LogP contribution >= 0.6 is 23.2 Å². The number of anilines is 1. The van der Waals surface area contributed by atoms with E-state index in [1.807, 2.05) is 0 Å². The largest absolute Gasteiger partial charge is 0.497 e. The highest BCUT2D eigenvalue weighted by atomic mass is 35.5. The molecular formula is C18H17Cl2N3O5. The van der Waals surface area contributed by atoms with Crippen molar-refractivity contribution in [3.63, 3.8) is 0 Å². The van der Waals surface area contributed by atoms with E-state index in [1.54, 1.807) is 24.3 Å². The average Bonchev–Trinajstić information content (AvgIpc) is 2.67. The predicted octanol–water partition coefficient (Wildman–Crippen LogP) is 2.65. The van der Waals surface area contributed by atoms with Crippen LogP contribution in [-0.4, -0.2) is 55.0 Å². The Bertz CT molecular complexity index is 891. The van der Waals surface area contributed by atoms with Crippen LogP contribution < -0.4 is 10.1 Å². The quantitative estimate of drug-likeness (QED) is 0.540. The third-order valence-corrected chi connectivity index (χ3v) is 4.20. The molecule has 0 aliphatic heterocycles. The van der Waals surface area contributed by atoms with Crippen molar-refractivity contribution in [3.05, 3.63) is 52.3 Å². The fourth-order valence-corrected chi connectivity index (χ4v) is 2.33. The number of amides is 2. The molecule has 2 rings (SSSR count). The van der Waals surface area contributed by atoms with Gasteiger partial charge in [-0.05, 0) is 18.2 Å². The molecule has 0 bridgehead atoms. The lowest BCUT2D eigenvalue weighted by Gasteiger charge is -2.17. The summed E-state index contributed by atoms with van der Waals surface area (Å²) >= 11 is 11.5. The van der Waals surface area contributed by atoms with Gasteiger partial charge in [0.25, 0.3) is 5.91 Å². The number of benzene rings is 1. The SMILES string of the molecule is COc1cccc(NC(=O)CN(C)C(=O)COC(=O)c2cnc(Cl)c(Cl)c2)c1. The summed E-state index contributed by atoms with van der Waals surface area (Å²) in [7, 11) is 2.94. The van der Waals surface area contributed by atoms with Crippen LogP contribution in [0.2, 0.25) is 10.2 Å². The third-order valence-electron chi connectivity index (χ3n) is 3.52. The smallest absolute Gasteiger partial charge is 0.340 e. The van der Waals surface area contributed by atoms with E-state index in [-0.39, 0.29) is 22.3 Å². The molecule has 0 radical (unpaired) electrons. The number of halogens is 2. The Balaban J connectivity index is 1.83. The highest BCUT2D eigenvalue weighted by Crippen LogP contribution is 2.20. The number of nitrogens with zero attached hydrogens (tertiary/aromatic N) is 2. The first-order chi connectivity index (χ1) is 13.3. The molecule has 0 fully saturated rings. The third kappa shape index (κ3) is 6.11. The van der Waals surface area contributed by atoms with Crippen molar-refractivity contribution in [1.82, 2.24) is 9.88 Å². The molecule has 0 aliphatic rings. The maximum atomic E-state index is 12.1. The summed E-state index contributed by atoms with van der Waals surface area (Å²) in [4.78, 5) is 40.9. The Morgan fingerprint density at radius 3 is 2.64 bits per heavy atom. The number of methoxy groups -OCH3 is 1. The minimum Gasteiger partial charge on any atom is -0.497 e. The van der Waals surface area contributed by atoms with Crippen LogP contribution in [0.3, 0.4) is 0 Å². The van der Waals surface area contributed by atoms with E-state index in [2.05, 4.69) is 10.3 Å². The minimum atomic E-state index is -0.784. The van der Waals surface area contributed by atoms with E-state index in [0.717, 1.165) is 4.90 Å². The highest BCUT2D eigenvalue weighted by molar-refractivity contribution is 6.41. The van der Waals surface area contributed by atoms with Crippen LogP contribution in [0.4, 0.5) is 5.69 Å². The van der Waals surface area contributed by atoms with Gasteiger partial charge in [-0.3, -0.25) is 9.59 Å². The van der Waals surface area contributed by atoms with Gasteiger partial charge in [0.1, 0.15) is 10.9 Å². The Hall–Kier alpha value is -2.84. The fraction of sp³-hybridized carbons (Fsp3) is 0.222. The lowest BCUT2D eigenvalue weighted by atomic mass is 10.3. The lowest BCUT2D eigenvalue weighted by Crippen LogP contribution is -2.37.